The second-order valence-corrected chi connectivity index (χ2v) is 7.92. The molecule has 186 valence electrons. The van der Waals surface area contributed by atoms with Gasteiger partial charge in [0.2, 0.25) is 5.91 Å². The number of rotatable bonds is 16. The summed E-state index contributed by atoms with van der Waals surface area (Å²) in [5, 5.41) is 4.90. The Morgan fingerprint density at radius 1 is 0.938 bits per heavy atom. The number of carbonyl (C=O) groups is 4. The van der Waals surface area contributed by atoms with E-state index in [1.54, 1.807) is 0 Å². The summed E-state index contributed by atoms with van der Waals surface area (Å²) in [5.74, 6) is -1.62. The SMILES string of the molecule is CC(=O)OC[C@H](COP(=O)(O)OCCNC(=O)OCCOCC(=O)NC(C)C)OC(C)=O. The molecule has 0 saturated heterocycles. The summed E-state index contributed by atoms with van der Waals surface area (Å²) in [4.78, 5) is 54.3. The van der Waals surface area contributed by atoms with E-state index in [0.717, 1.165) is 13.8 Å². The van der Waals surface area contributed by atoms with E-state index in [2.05, 4.69) is 19.9 Å². The monoisotopic (exact) mass is 486 g/mol. The third-order valence-electron chi connectivity index (χ3n) is 3.00. The molecule has 0 radical (unpaired) electrons. The Morgan fingerprint density at radius 3 is 2.22 bits per heavy atom. The van der Waals surface area contributed by atoms with Gasteiger partial charge in [-0.3, -0.25) is 23.4 Å². The predicted octanol–water partition coefficient (Wildman–Crippen LogP) is -0.118. The number of carbonyl (C=O) groups excluding carboxylic acids is 4. The third-order valence-corrected chi connectivity index (χ3v) is 3.98. The molecular formula is C17H31N2O12P. The predicted molar refractivity (Wildman–Crippen MR) is 107 cm³/mol. The van der Waals surface area contributed by atoms with Crippen LogP contribution in [0.1, 0.15) is 27.7 Å². The molecule has 0 fully saturated rings. The van der Waals surface area contributed by atoms with Crippen molar-refractivity contribution in [2.75, 3.05) is 46.2 Å². The highest BCUT2D eigenvalue weighted by molar-refractivity contribution is 7.47. The molecular weight excluding hydrogens is 455 g/mol. The molecule has 3 N–H and O–H groups in total. The Kier molecular flexibility index (Phi) is 15.2. The van der Waals surface area contributed by atoms with Crippen molar-refractivity contribution in [3.8, 4) is 0 Å². The maximum Gasteiger partial charge on any atom is 0.472 e. The second kappa shape index (κ2) is 16.4. The highest BCUT2D eigenvalue weighted by Gasteiger charge is 2.25. The lowest BCUT2D eigenvalue weighted by Gasteiger charge is -2.18. The average molecular weight is 486 g/mol. The number of phosphoric ester groups is 1. The summed E-state index contributed by atoms with van der Waals surface area (Å²) in [6.45, 7) is 4.10. The highest BCUT2D eigenvalue weighted by atomic mass is 31.2. The fourth-order valence-corrected chi connectivity index (χ4v) is 2.61. The molecule has 0 aromatic heterocycles. The Balaban J connectivity index is 4.00. The van der Waals surface area contributed by atoms with Gasteiger partial charge in [-0.15, -0.1) is 0 Å². The van der Waals surface area contributed by atoms with E-state index in [4.69, 9.17) is 18.7 Å². The topological polar surface area (TPSA) is 185 Å². The van der Waals surface area contributed by atoms with Crippen molar-refractivity contribution in [3.05, 3.63) is 0 Å². The first-order valence-electron chi connectivity index (χ1n) is 9.61. The molecule has 32 heavy (non-hydrogen) atoms. The Labute approximate surface area is 185 Å². The molecule has 2 atom stereocenters. The number of nitrogens with one attached hydrogen (secondary N) is 2. The van der Waals surface area contributed by atoms with Crippen LogP contribution in [0.2, 0.25) is 0 Å². The number of esters is 2. The van der Waals surface area contributed by atoms with Gasteiger partial charge in [0.25, 0.3) is 0 Å². The van der Waals surface area contributed by atoms with Gasteiger partial charge in [0.1, 0.15) is 19.8 Å². The minimum absolute atomic E-state index is 0.00591. The van der Waals surface area contributed by atoms with Crippen LogP contribution in [-0.4, -0.2) is 87.2 Å². The van der Waals surface area contributed by atoms with Crippen LogP contribution in [0, 0.1) is 0 Å². The molecule has 0 aromatic carbocycles. The fourth-order valence-electron chi connectivity index (χ4n) is 1.86. The van der Waals surface area contributed by atoms with Crippen LogP contribution in [0.5, 0.6) is 0 Å². The lowest BCUT2D eigenvalue weighted by atomic mass is 10.4. The molecule has 0 aliphatic rings. The van der Waals surface area contributed by atoms with Crippen LogP contribution in [-0.2, 0) is 46.9 Å². The third kappa shape index (κ3) is 18.5. The van der Waals surface area contributed by atoms with Crippen LogP contribution in [0.4, 0.5) is 4.79 Å². The minimum atomic E-state index is -4.53. The summed E-state index contributed by atoms with van der Waals surface area (Å²) in [5.41, 5.74) is 0. The zero-order valence-corrected chi connectivity index (χ0v) is 19.4. The van der Waals surface area contributed by atoms with Crippen LogP contribution in [0.25, 0.3) is 0 Å². The van der Waals surface area contributed by atoms with Crippen molar-refractivity contribution >= 4 is 31.8 Å². The first kappa shape index (κ1) is 29.8. The average Bonchev–Trinajstić information content (AvgIpc) is 2.66. The number of amides is 2. The summed E-state index contributed by atoms with van der Waals surface area (Å²) in [6, 6.07) is -0.00831. The largest absolute Gasteiger partial charge is 0.472 e. The Bertz CT molecular complexity index is 657. The number of phosphoric acid groups is 1. The van der Waals surface area contributed by atoms with Gasteiger partial charge in [-0.1, -0.05) is 0 Å². The molecule has 0 aliphatic carbocycles. The highest BCUT2D eigenvalue weighted by Crippen LogP contribution is 2.43. The van der Waals surface area contributed by atoms with Crippen LogP contribution >= 0.6 is 7.82 Å². The van der Waals surface area contributed by atoms with Gasteiger partial charge in [0.15, 0.2) is 6.10 Å². The molecule has 0 spiro atoms. The van der Waals surface area contributed by atoms with Gasteiger partial charge >= 0.3 is 25.9 Å². The van der Waals surface area contributed by atoms with Crippen molar-refractivity contribution in [3.63, 3.8) is 0 Å². The number of ether oxygens (including phenoxy) is 4. The van der Waals surface area contributed by atoms with Crippen LogP contribution in [0.3, 0.4) is 0 Å². The normalized spacial score (nSPS) is 13.6. The molecule has 14 nitrogen and oxygen atoms in total. The van der Waals surface area contributed by atoms with Crippen LogP contribution in [0.15, 0.2) is 0 Å². The van der Waals surface area contributed by atoms with Gasteiger partial charge in [-0.2, -0.15) is 0 Å². The lowest BCUT2D eigenvalue weighted by molar-refractivity contribution is -0.158. The van der Waals surface area contributed by atoms with Crippen molar-refractivity contribution in [1.29, 1.82) is 0 Å². The van der Waals surface area contributed by atoms with Gasteiger partial charge in [0, 0.05) is 26.4 Å². The van der Waals surface area contributed by atoms with E-state index in [9.17, 15) is 28.6 Å². The van der Waals surface area contributed by atoms with Crippen molar-refractivity contribution in [2.45, 2.75) is 39.8 Å². The Morgan fingerprint density at radius 2 is 1.62 bits per heavy atom. The van der Waals surface area contributed by atoms with Crippen molar-refractivity contribution in [1.82, 2.24) is 10.6 Å². The molecule has 0 aromatic rings. The lowest BCUT2D eigenvalue weighted by Crippen LogP contribution is -2.34. The van der Waals surface area contributed by atoms with Crippen molar-refractivity contribution in [2.24, 2.45) is 0 Å². The Hall–Kier alpha value is -2.25. The van der Waals surface area contributed by atoms with Gasteiger partial charge < -0.3 is 34.5 Å². The van der Waals surface area contributed by atoms with E-state index >= 15 is 0 Å². The minimum Gasteiger partial charge on any atom is -0.462 e. The standard InChI is InChI=1S/C17H31N2O12P/c1-12(2)19-16(22)11-26-7-8-27-17(23)18-5-6-29-32(24,25)30-10-15(31-14(4)21)9-28-13(3)20/h12,15H,5-11H2,1-4H3,(H,18,23)(H,19,22)(H,24,25)/t15-/m1/s1. The maximum atomic E-state index is 11.8. The molecule has 0 saturated carbocycles. The summed E-state index contributed by atoms with van der Waals surface area (Å²) in [6.07, 6.45) is -1.93. The number of alkyl carbamates (subject to hydrolysis) is 1. The zero-order chi connectivity index (χ0) is 24.6. The molecule has 0 aliphatic heterocycles. The number of hydrogen-bond donors (Lipinski definition) is 3. The fraction of sp³-hybridized carbons (Fsp3) is 0.765. The quantitative estimate of drug-likeness (QED) is 0.114. The summed E-state index contributed by atoms with van der Waals surface area (Å²) in [7, 11) is -4.53. The van der Waals surface area contributed by atoms with Gasteiger partial charge in [-0.05, 0) is 13.8 Å². The summed E-state index contributed by atoms with van der Waals surface area (Å²) >= 11 is 0. The zero-order valence-electron chi connectivity index (χ0n) is 18.5. The smallest absolute Gasteiger partial charge is 0.462 e. The first-order valence-corrected chi connectivity index (χ1v) is 11.1. The maximum absolute atomic E-state index is 11.8. The number of hydrogen-bond acceptors (Lipinski definition) is 11. The van der Waals surface area contributed by atoms with E-state index in [1.165, 1.54) is 0 Å². The van der Waals surface area contributed by atoms with Crippen LogP contribution < -0.4 is 10.6 Å². The molecule has 15 heteroatoms. The van der Waals surface area contributed by atoms with E-state index in [-0.39, 0.29) is 44.9 Å². The van der Waals surface area contributed by atoms with Gasteiger partial charge in [-0.25, -0.2) is 9.36 Å². The van der Waals surface area contributed by atoms with Crippen molar-refractivity contribution < 1.29 is 56.6 Å². The first-order chi connectivity index (χ1) is 14.9. The molecule has 1 unspecified atom stereocenters. The molecule has 0 rings (SSSR count). The molecule has 2 amide bonds. The molecule has 0 heterocycles. The van der Waals surface area contributed by atoms with E-state index in [0.29, 0.717) is 0 Å². The summed E-state index contributed by atoms with van der Waals surface area (Å²) < 4.78 is 40.5. The van der Waals surface area contributed by atoms with Gasteiger partial charge in [0.05, 0.1) is 19.8 Å². The van der Waals surface area contributed by atoms with E-state index in [1.807, 2.05) is 13.8 Å². The molecule has 0 bridgehead atoms. The van der Waals surface area contributed by atoms with E-state index < -0.39 is 45.2 Å². The second-order valence-electron chi connectivity index (χ2n) is 6.47.